The van der Waals surface area contributed by atoms with E-state index in [1.165, 1.54) is 0 Å². The molecule has 86 valence electrons. The Labute approximate surface area is 89.6 Å². The van der Waals surface area contributed by atoms with Crippen LogP contribution in [0.15, 0.2) is 0 Å². The topological polar surface area (TPSA) is 53.0 Å². The molecule has 0 radical (unpaired) electrons. The second-order valence-corrected chi connectivity index (χ2v) is 4.27. The first-order valence-corrected chi connectivity index (χ1v) is 5.44. The van der Waals surface area contributed by atoms with Crippen LogP contribution in [0.2, 0.25) is 0 Å². The molecule has 2 heterocycles. The zero-order valence-corrected chi connectivity index (χ0v) is 9.06. The third kappa shape index (κ3) is 2.14. The van der Waals surface area contributed by atoms with Crippen molar-refractivity contribution in [3.8, 4) is 0 Å². The Hall–Kier alpha value is -0.650. The van der Waals surface area contributed by atoms with Gasteiger partial charge in [0.05, 0.1) is 25.4 Å². The van der Waals surface area contributed by atoms with Gasteiger partial charge < -0.3 is 14.7 Å². The molecule has 1 amide bonds. The first kappa shape index (κ1) is 10.9. The first-order valence-electron chi connectivity index (χ1n) is 5.44. The quantitative estimate of drug-likeness (QED) is 0.657. The van der Waals surface area contributed by atoms with Gasteiger partial charge in [-0.25, -0.2) is 0 Å². The molecule has 5 heteroatoms. The number of aliphatic hydroxyl groups is 1. The highest BCUT2D eigenvalue weighted by Gasteiger charge is 2.35. The molecule has 15 heavy (non-hydrogen) atoms. The number of rotatable bonds is 2. The van der Waals surface area contributed by atoms with Crippen molar-refractivity contribution in [2.45, 2.75) is 25.1 Å². The second kappa shape index (κ2) is 4.47. The second-order valence-electron chi connectivity index (χ2n) is 4.27. The summed E-state index contributed by atoms with van der Waals surface area (Å²) < 4.78 is 5.20. The average Bonchev–Trinajstić information content (AvgIpc) is 2.65. The number of aliphatic hydroxyl groups excluding tert-OH is 1. The maximum atomic E-state index is 11.7. The van der Waals surface area contributed by atoms with Crippen LogP contribution in [0.1, 0.15) is 12.8 Å². The Bertz CT molecular complexity index is 247. The molecule has 2 unspecified atom stereocenters. The molecular weight excluding hydrogens is 196 g/mol. The number of carbonyl (C=O) groups excluding carboxylic acids is 1. The van der Waals surface area contributed by atoms with E-state index in [0.29, 0.717) is 6.54 Å². The van der Waals surface area contributed by atoms with E-state index in [4.69, 9.17) is 9.84 Å². The van der Waals surface area contributed by atoms with Crippen molar-refractivity contribution in [3.05, 3.63) is 0 Å². The Kier molecular flexibility index (Phi) is 3.23. The van der Waals surface area contributed by atoms with E-state index >= 15 is 0 Å². The van der Waals surface area contributed by atoms with Gasteiger partial charge in [-0.15, -0.1) is 0 Å². The summed E-state index contributed by atoms with van der Waals surface area (Å²) in [5.74, 6) is 0.0402. The highest BCUT2D eigenvalue weighted by molar-refractivity contribution is 5.78. The summed E-state index contributed by atoms with van der Waals surface area (Å²) in [6.45, 7) is 1.65. The molecule has 2 fully saturated rings. The molecule has 2 saturated heterocycles. The van der Waals surface area contributed by atoms with Gasteiger partial charge in [0.25, 0.3) is 0 Å². The number of nitrogens with zero attached hydrogens (tertiary/aromatic N) is 2. The van der Waals surface area contributed by atoms with Crippen molar-refractivity contribution in [2.75, 3.05) is 33.4 Å². The van der Waals surface area contributed by atoms with Crippen LogP contribution in [0.3, 0.4) is 0 Å². The van der Waals surface area contributed by atoms with Crippen molar-refractivity contribution in [1.29, 1.82) is 0 Å². The minimum atomic E-state index is -0.211. The van der Waals surface area contributed by atoms with Crippen molar-refractivity contribution >= 4 is 5.91 Å². The van der Waals surface area contributed by atoms with Crippen LogP contribution in [-0.2, 0) is 9.53 Å². The maximum Gasteiger partial charge on any atom is 0.249 e. The lowest BCUT2D eigenvalue weighted by atomic mass is 10.2. The molecule has 2 aliphatic heterocycles. The molecule has 0 aromatic rings. The highest BCUT2D eigenvalue weighted by atomic mass is 16.5. The van der Waals surface area contributed by atoms with E-state index < -0.39 is 0 Å². The Morgan fingerprint density at radius 3 is 3.00 bits per heavy atom. The molecular formula is C10H18N2O3. The van der Waals surface area contributed by atoms with Gasteiger partial charge in [-0.05, 0) is 26.4 Å². The summed E-state index contributed by atoms with van der Waals surface area (Å²) in [7, 11) is 2.04. The third-order valence-corrected chi connectivity index (χ3v) is 3.21. The highest BCUT2D eigenvalue weighted by Crippen LogP contribution is 2.21. The predicted molar refractivity (Wildman–Crippen MR) is 54.2 cm³/mol. The normalized spacial score (nSPS) is 33.7. The molecule has 0 spiro atoms. The van der Waals surface area contributed by atoms with E-state index in [1.54, 1.807) is 0 Å². The minimum absolute atomic E-state index is 0.0137. The standard InChI is InChI=1S/C10H18N2O3/c1-11-4-2-3-9(11)12-5-8(6-13)15-7-10(12)14/h8-9,13H,2-7H2,1H3. The Balaban J connectivity index is 2.02. The van der Waals surface area contributed by atoms with Crippen molar-refractivity contribution in [2.24, 2.45) is 0 Å². The summed E-state index contributed by atoms with van der Waals surface area (Å²) in [4.78, 5) is 15.7. The lowest BCUT2D eigenvalue weighted by Crippen LogP contribution is -2.55. The number of hydrogen-bond acceptors (Lipinski definition) is 4. The fourth-order valence-electron chi connectivity index (χ4n) is 2.33. The molecule has 2 aliphatic rings. The first-order chi connectivity index (χ1) is 7.22. The van der Waals surface area contributed by atoms with Crippen molar-refractivity contribution in [3.63, 3.8) is 0 Å². The van der Waals surface area contributed by atoms with E-state index in [0.717, 1.165) is 19.4 Å². The number of ether oxygens (including phenoxy) is 1. The number of likely N-dealkylation sites (tertiary alicyclic amines) is 1. The van der Waals surface area contributed by atoms with Gasteiger partial charge in [0, 0.05) is 0 Å². The zero-order chi connectivity index (χ0) is 10.8. The van der Waals surface area contributed by atoms with Crippen LogP contribution >= 0.6 is 0 Å². The number of amides is 1. The van der Waals surface area contributed by atoms with Gasteiger partial charge in [0.15, 0.2) is 0 Å². The van der Waals surface area contributed by atoms with Gasteiger partial charge in [0.2, 0.25) is 5.91 Å². The lowest BCUT2D eigenvalue weighted by molar-refractivity contribution is -0.158. The molecule has 5 nitrogen and oxygen atoms in total. The minimum Gasteiger partial charge on any atom is -0.394 e. The number of hydrogen-bond donors (Lipinski definition) is 1. The van der Waals surface area contributed by atoms with Crippen LogP contribution in [0, 0.1) is 0 Å². The van der Waals surface area contributed by atoms with Crippen LogP contribution in [0.4, 0.5) is 0 Å². The summed E-state index contributed by atoms with van der Waals surface area (Å²) in [6.07, 6.45) is 2.16. The van der Waals surface area contributed by atoms with Crippen LogP contribution in [0.25, 0.3) is 0 Å². The van der Waals surface area contributed by atoms with Crippen molar-refractivity contribution < 1.29 is 14.6 Å². The van der Waals surface area contributed by atoms with Gasteiger partial charge >= 0.3 is 0 Å². The largest absolute Gasteiger partial charge is 0.394 e. The van der Waals surface area contributed by atoms with E-state index in [9.17, 15) is 4.79 Å². The van der Waals surface area contributed by atoms with Crippen LogP contribution in [-0.4, -0.2) is 66.4 Å². The SMILES string of the molecule is CN1CCCC1N1CC(CO)OCC1=O. The molecule has 0 aromatic heterocycles. The summed E-state index contributed by atoms with van der Waals surface area (Å²) in [5.41, 5.74) is 0. The predicted octanol–water partition coefficient (Wildman–Crippen LogP) is -0.742. The smallest absolute Gasteiger partial charge is 0.249 e. The van der Waals surface area contributed by atoms with Gasteiger partial charge in [-0.3, -0.25) is 9.69 Å². The molecule has 0 aromatic carbocycles. The maximum absolute atomic E-state index is 11.7. The van der Waals surface area contributed by atoms with Crippen LogP contribution in [0.5, 0.6) is 0 Å². The molecule has 1 N–H and O–H groups in total. The molecule has 2 atom stereocenters. The van der Waals surface area contributed by atoms with Crippen LogP contribution < -0.4 is 0 Å². The lowest BCUT2D eigenvalue weighted by Gasteiger charge is -2.38. The van der Waals surface area contributed by atoms with Gasteiger partial charge in [-0.2, -0.15) is 0 Å². The third-order valence-electron chi connectivity index (χ3n) is 3.21. The molecule has 0 saturated carbocycles. The summed E-state index contributed by atoms with van der Waals surface area (Å²) in [5, 5.41) is 9.03. The van der Waals surface area contributed by atoms with Crippen molar-refractivity contribution in [1.82, 2.24) is 9.80 Å². The van der Waals surface area contributed by atoms with Gasteiger partial charge in [0.1, 0.15) is 6.61 Å². The average molecular weight is 214 g/mol. The Morgan fingerprint density at radius 2 is 2.40 bits per heavy atom. The molecule has 0 aliphatic carbocycles. The summed E-state index contributed by atoms with van der Waals surface area (Å²) >= 11 is 0. The monoisotopic (exact) mass is 214 g/mol. The van der Waals surface area contributed by atoms with E-state index in [-0.39, 0.29) is 31.4 Å². The summed E-state index contributed by atoms with van der Waals surface area (Å²) in [6, 6.07) is 0. The Morgan fingerprint density at radius 1 is 1.60 bits per heavy atom. The number of carbonyl (C=O) groups is 1. The van der Waals surface area contributed by atoms with Gasteiger partial charge in [-0.1, -0.05) is 0 Å². The zero-order valence-electron chi connectivity index (χ0n) is 9.06. The molecule has 0 bridgehead atoms. The number of morpholine rings is 1. The fourth-order valence-corrected chi connectivity index (χ4v) is 2.33. The fraction of sp³-hybridized carbons (Fsp3) is 0.900. The van der Waals surface area contributed by atoms with E-state index in [2.05, 4.69) is 4.90 Å². The molecule has 2 rings (SSSR count). The van der Waals surface area contributed by atoms with E-state index in [1.807, 2.05) is 11.9 Å².